The second kappa shape index (κ2) is 2.93. The van der Waals surface area contributed by atoms with Gasteiger partial charge in [0.2, 0.25) is 0 Å². The van der Waals surface area contributed by atoms with Crippen LogP contribution in [0.3, 0.4) is 0 Å². The third-order valence-electron chi connectivity index (χ3n) is 0. The van der Waals surface area contributed by atoms with E-state index in [1.54, 1.807) is 0 Å². The van der Waals surface area contributed by atoms with Crippen LogP contribution < -0.4 is 9.79 Å². The Morgan fingerprint density at radius 1 is 1.50 bits per heavy atom. The van der Waals surface area contributed by atoms with Gasteiger partial charge in [0.25, 0.3) is 0 Å². The summed E-state index contributed by atoms with van der Waals surface area (Å²) in [7, 11) is -5.14. The quantitative estimate of drug-likeness (QED) is 0.358. The zero-order valence-corrected chi connectivity index (χ0v) is 4.80. The van der Waals surface area contributed by atoms with Crippen molar-refractivity contribution in [1.29, 1.82) is 0 Å². The van der Waals surface area contributed by atoms with Crippen molar-refractivity contribution in [3.05, 3.63) is 0 Å². The van der Waals surface area contributed by atoms with Crippen molar-refractivity contribution in [2.45, 2.75) is 0 Å². The third-order valence-corrected chi connectivity index (χ3v) is 0. The molecule has 0 aliphatic carbocycles. The number of hydrogen-bond donors (Lipinski definition) is 1. The molecule has 0 aromatic rings. The largest absolute Gasteiger partial charge is 2.00 e. The average Bonchev–Trinajstić information content (AvgIpc) is 0.722. The molecule has 1 N–H and O–H groups in total. The molecule has 0 aromatic heterocycles. The minimum atomic E-state index is -5.14. The second-order valence-electron chi connectivity index (χ2n) is 0.469. The number of rotatable bonds is 0. The van der Waals surface area contributed by atoms with E-state index in [0.29, 0.717) is 0 Å². The molecule has 0 saturated carbocycles. The fourth-order valence-corrected chi connectivity index (χ4v) is 0. The zero-order chi connectivity index (χ0) is 4.50. The zero-order valence-electron chi connectivity index (χ0n) is 2.42. The molecule has 6 heteroatoms. The molecule has 0 atom stereocenters. The fraction of sp³-hybridized carbons (Fsp3) is 0. The van der Waals surface area contributed by atoms with Gasteiger partial charge in [-0.3, -0.25) is 0 Å². The van der Waals surface area contributed by atoms with Crippen LogP contribution in [0.1, 0.15) is 0 Å². The molecule has 0 aliphatic rings. The van der Waals surface area contributed by atoms with E-state index in [4.69, 9.17) is 19.2 Å². The molecule has 41 valence electrons. The Hall–Kier alpha value is 0.850. The van der Waals surface area contributed by atoms with Crippen molar-refractivity contribution in [2.75, 3.05) is 0 Å². The van der Waals surface area contributed by atoms with Gasteiger partial charge in [-0.25, -0.2) is 0 Å². The van der Waals surface area contributed by atoms with Gasteiger partial charge >= 0.3 is 22.4 Å². The molecule has 6 heavy (non-hydrogen) atoms. The SMILES string of the molecule is O=P([O-])([O-])O.[Ag+2]. The van der Waals surface area contributed by atoms with E-state index in [-0.39, 0.29) is 22.4 Å². The van der Waals surface area contributed by atoms with Gasteiger partial charge in [-0.15, -0.1) is 0 Å². The Morgan fingerprint density at radius 2 is 1.50 bits per heavy atom. The first-order valence-electron chi connectivity index (χ1n) is 0.748. The summed E-state index contributed by atoms with van der Waals surface area (Å²) in [6, 6.07) is 0. The summed E-state index contributed by atoms with van der Waals surface area (Å²) in [4.78, 5) is 24.3. The Kier molecular flexibility index (Phi) is 4.87. The molecule has 0 rings (SSSR count). The minimum Gasteiger partial charge on any atom is -0.790 e. The Morgan fingerprint density at radius 3 is 1.50 bits per heavy atom. The molecular formula is HAgO4P. The van der Waals surface area contributed by atoms with E-state index in [1.807, 2.05) is 0 Å². The van der Waals surface area contributed by atoms with Gasteiger partial charge in [0.15, 0.2) is 0 Å². The smallest absolute Gasteiger partial charge is 0.790 e. The maximum atomic E-state index is 8.66. The standard InChI is InChI=1S/Ag.H3O4P/c;1-5(2,3)4/h;(H3,1,2,3,4)/q+2;/p-2. The van der Waals surface area contributed by atoms with E-state index >= 15 is 0 Å². The van der Waals surface area contributed by atoms with Crippen molar-refractivity contribution in [2.24, 2.45) is 0 Å². The maximum absolute atomic E-state index is 8.66. The van der Waals surface area contributed by atoms with Crippen molar-refractivity contribution < 1.29 is 41.6 Å². The summed E-state index contributed by atoms with van der Waals surface area (Å²) in [6.45, 7) is 0. The summed E-state index contributed by atoms with van der Waals surface area (Å²) in [6.07, 6.45) is 0. The first-order chi connectivity index (χ1) is 2.00. The van der Waals surface area contributed by atoms with E-state index in [9.17, 15) is 0 Å². The molecule has 0 saturated heterocycles. The topological polar surface area (TPSA) is 83.4 Å². The molecule has 0 unspecified atom stereocenters. The van der Waals surface area contributed by atoms with Crippen LogP contribution in [0.5, 0.6) is 0 Å². The summed E-state index contributed by atoms with van der Waals surface area (Å²) < 4.78 is 8.66. The Labute approximate surface area is 49.9 Å². The number of phosphoric acid groups is 1. The van der Waals surface area contributed by atoms with Crippen molar-refractivity contribution >= 4 is 7.82 Å². The Balaban J connectivity index is 0. The van der Waals surface area contributed by atoms with Crippen LogP contribution in [0.4, 0.5) is 0 Å². The Bertz CT molecular complexity index is 53.7. The van der Waals surface area contributed by atoms with Gasteiger partial charge in [0.05, 0.1) is 7.82 Å². The number of hydrogen-bond acceptors (Lipinski definition) is 3. The van der Waals surface area contributed by atoms with Gasteiger partial charge in [0, 0.05) is 0 Å². The predicted octanol–water partition coefficient (Wildman–Crippen LogP) is -2.20. The second-order valence-corrected chi connectivity index (χ2v) is 1.41. The third kappa shape index (κ3) is 99.5. The van der Waals surface area contributed by atoms with Crippen LogP contribution in [0, 0.1) is 0 Å². The van der Waals surface area contributed by atoms with Crippen LogP contribution in [0.2, 0.25) is 0 Å². The van der Waals surface area contributed by atoms with Crippen LogP contribution >= 0.6 is 7.82 Å². The molecule has 0 bridgehead atoms. The summed E-state index contributed by atoms with van der Waals surface area (Å²) in [5.41, 5.74) is 0. The van der Waals surface area contributed by atoms with Crippen LogP contribution in [0.15, 0.2) is 0 Å². The van der Waals surface area contributed by atoms with Crippen LogP contribution in [0.25, 0.3) is 0 Å². The molecule has 0 amide bonds. The van der Waals surface area contributed by atoms with Gasteiger partial charge in [0.1, 0.15) is 0 Å². The van der Waals surface area contributed by atoms with Crippen molar-refractivity contribution in [3.63, 3.8) is 0 Å². The predicted molar refractivity (Wildman–Crippen MR) is 9.83 cm³/mol. The molecular weight excluding hydrogens is 203 g/mol. The maximum Gasteiger partial charge on any atom is 2.00 e. The van der Waals surface area contributed by atoms with Crippen molar-refractivity contribution in [3.8, 4) is 0 Å². The molecule has 0 aromatic carbocycles. The van der Waals surface area contributed by atoms with Crippen LogP contribution in [-0.2, 0) is 26.9 Å². The summed E-state index contributed by atoms with van der Waals surface area (Å²) >= 11 is 0. The van der Waals surface area contributed by atoms with Gasteiger partial charge in [-0.05, 0) is 0 Å². The van der Waals surface area contributed by atoms with E-state index < -0.39 is 7.82 Å². The van der Waals surface area contributed by atoms with Gasteiger partial charge in [-0.1, -0.05) is 0 Å². The summed E-state index contributed by atoms with van der Waals surface area (Å²) in [5, 5.41) is 0. The van der Waals surface area contributed by atoms with Crippen LogP contribution in [-0.4, -0.2) is 4.89 Å². The van der Waals surface area contributed by atoms with Crippen molar-refractivity contribution in [1.82, 2.24) is 0 Å². The first kappa shape index (κ1) is 9.97. The molecule has 0 aliphatic heterocycles. The molecule has 0 heterocycles. The summed E-state index contributed by atoms with van der Waals surface area (Å²) in [5.74, 6) is 0. The average molecular weight is 204 g/mol. The first-order valence-corrected chi connectivity index (χ1v) is 2.24. The van der Waals surface area contributed by atoms with E-state index in [1.165, 1.54) is 0 Å². The van der Waals surface area contributed by atoms with Gasteiger partial charge in [-0.2, -0.15) is 0 Å². The molecule has 1 radical (unpaired) electrons. The van der Waals surface area contributed by atoms with E-state index in [0.717, 1.165) is 0 Å². The monoisotopic (exact) mass is 203 g/mol. The molecule has 4 nitrogen and oxygen atoms in total. The molecule has 0 fully saturated rings. The fourth-order valence-electron chi connectivity index (χ4n) is 0. The minimum absolute atomic E-state index is 0. The van der Waals surface area contributed by atoms with Gasteiger partial charge < -0.3 is 19.2 Å². The van der Waals surface area contributed by atoms with E-state index in [2.05, 4.69) is 0 Å². The molecule has 0 spiro atoms. The normalized spacial score (nSPS) is 9.83.